The smallest absolute Gasteiger partial charge is 0.313 e. The summed E-state index contributed by atoms with van der Waals surface area (Å²) in [5.74, 6) is -0.0242. The average Bonchev–Trinajstić information content (AvgIpc) is 3.25. The fourth-order valence-corrected chi connectivity index (χ4v) is 1.93. The summed E-state index contributed by atoms with van der Waals surface area (Å²) in [6.07, 6.45) is -0.277. The number of hydrogen-bond donors (Lipinski definition) is 0. The fraction of sp³-hybridized carbons (Fsp3) is 0.500. The lowest BCUT2D eigenvalue weighted by atomic mass is 10.1. The van der Waals surface area contributed by atoms with Gasteiger partial charge >= 0.3 is 11.9 Å². The summed E-state index contributed by atoms with van der Waals surface area (Å²) in [6, 6.07) is 5.25. The zero-order valence-corrected chi connectivity index (χ0v) is 13.1. The van der Waals surface area contributed by atoms with Crippen molar-refractivity contribution in [2.24, 2.45) is 5.92 Å². The van der Waals surface area contributed by atoms with E-state index in [4.69, 9.17) is 18.9 Å². The SMILES string of the molecule is COc1cc([C@H]2O[C@@H]2COC(C)=O)ccc1OC(=O)C(C)C. The van der Waals surface area contributed by atoms with Gasteiger partial charge in [0.15, 0.2) is 11.5 Å². The van der Waals surface area contributed by atoms with Crippen LogP contribution in [0.1, 0.15) is 32.4 Å². The maximum atomic E-state index is 11.7. The number of methoxy groups -OCH3 is 1. The van der Waals surface area contributed by atoms with E-state index in [1.165, 1.54) is 14.0 Å². The highest BCUT2D eigenvalue weighted by atomic mass is 16.6. The van der Waals surface area contributed by atoms with Crippen molar-refractivity contribution in [2.45, 2.75) is 33.0 Å². The molecule has 0 aliphatic carbocycles. The van der Waals surface area contributed by atoms with E-state index in [1.54, 1.807) is 26.0 Å². The molecule has 0 aromatic heterocycles. The Hall–Kier alpha value is -2.08. The monoisotopic (exact) mass is 308 g/mol. The molecule has 0 unspecified atom stereocenters. The topological polar surface area (TPSA) is 74.4 Å². The number of rotatable bonds is 6. The molecule has 120 valence electrons. The third kappa shape index (κ3) is 3.98. The minimum Gasteiger partial charge on any atom is -0.493 e. The molecule has 6 nitrogen and oxygen atoms in total. The summed E-state index contributed by atoms with van der Waals surface area (Å²) in [5.41, 5.74) is 0.887. The van der Waals surface area contributed by atoms with E-state index in [1.807, 2.05) is 6.07 Å². The number of carbonyl (C=O) groups is 2. The second-order valence-electron chi connectivity index (χ2n) is 5.38. The van der Waals surface area contributed by atoms with Gasteiger partial charge in [0.1, 0.15) is 18.8 Å². The van der Waals surface area contributed by atoms with Crippen molar-refractivity contribution in [2.75, 3.05) is 13.7 Å². The standard InChI is InChI=1S/C16H20O6/c1-9(2)16(18)22-12-6-5-11(7-13(12)19-4)15-14(21-15)8-20-10(3)17/h5-7,9,14-15H,8H2,1-4H3/t14-,15-/m1/s1. The molecule has 2 rings (SSSR count). The predicted octanol–water partition coefficient (Wildman–Crippen LogP) is 2.26. The molecule has 0 bridgehead atoms. The van der Waals surface area contributed by atoms with E-state index < -0.39 is 0 Å². The van der Waals surface area contributed by atoms with Crippen LogP contribution < -0.4 is 9.47 Å². The molecule has 0 radical (unpaired) electrons. The molecule has 6 heteroatoms. The zero-order valence-electron chi connectivity index (χ0n) is 13.1. The first-order chi connectivity index (χ1) is 10.4. The van der Waals surface area contributed by atoms with Gasteiger partial charge in [0, 0.05) is 6.92 Å². The van der Waals surface area contributed by atoms with Gasteiger partial charge in [0.05, 0.1) is 13.0 Å². The third-order valence-corrected chi connectivity index (χ3v) is 3.23. The quantitative estimate of drug-likeness (QED) is 0.456. The number of benzene rings is 1. The highest BCUT2D eigenvalue weighted by Crippen LogP contribution is 2.42. The predicted molar refractivity (Wildman–Crippen MR) is 77.7 cm³/mol. The molecule has 1 heterocycles. The maximum Gasteiger partial charge on any atom is 0.313 e. The molecule has 0 saturated carbocycles. The van der Waals surface area contributed by atoms with Crippen molar-refractivity contribution < 1.29 is 28.5 Å². The minimum absolute atomic E-state index is 0.136. The van der Waals surface area contributed by atoms with Crippen molar-refractivity contribution in [1.29, 1.82) is 0 Å². The summed E-state index contributed by atoms with van der Waals surface area (Å²) in [7, 11) is 1.51. The Morgan fingerprint density at radius 2 is 2.00 bits per heavy atom. The van der Waals surface area contributed by atoms with E-state index in [9.17, 15) is 9.59 Å². The van der Waals surface area contributed by atoms with Crippen LogP contribution in [0.4, 0.5) is 0 Å². The van der Waals surface area contributed by atoms with Crippen molar-refractivity contribution >= 4 is 11.9 Å². The Bertz CT molecular complexity index is 566. The van der Waals surface area contributed by atoms with Crippen LogP contribution in [0.25, 0.3) is 0 Å². The van der Waals surface area contributed by atoms with Crippen molar-refractivity contribution in [1.82, 2.24) is 0 Å². The van der Waals surface area contributed by atoms with Gasteiger partial charge in [0.25, 0.3) is 0 Å². The van der Waals surface area contributed by atoms with E-state index in [-0.39, 0.29) is 36.7 Å². The average molecular weight is 308 g/mol. The Morgan fingerprint density at radius 1 is 1.27 bits per heavy atom. The molecule has 1 aliphatic rings. The summed E-state index contributed by atoms with van der Waals surface area (Å²) in [4.78, 5) is 22.4. The van der Waals surface area contributed by atoms with E-state index in [0.717, 1.165) is 5.56 Å². The molecule has 1 saturated heterocycles. The lowest BCUT2D eigenvalue weighted by molar-refractivity contribution is -0.141. The van der Waals surface area contributed by atoms with Crippen molar-refractivity contribution in [3.05, 3.63) is 23.8 Å². The van der Waals surface area contributed by atoms with Crippen LogP contribution in [0.3, 0.4) is 0 Å². The summed E-state index contributed by atoms with van der Waals surface area (Å²) < 4.78 is 20.9. The highest BCUT2D eigenvalue weighted by molar-refractivity contribution is 5.75. The van der Waals surface area contributed by atoms with Gasteiger partial charge in [-0.3, -0.25) is 9.59 Å². The lowest BCUT2D eigenvalue weighted by Crippen LogP contribution is -2.15. The summed E-state index contributed by atoms with van der Waals surface area (Å²) in [6.45, 7) is 5.12. The van der Waals surface area contributed by atoms with Crippen LogP contribution in [0.2, 0.25) is 0 Å². The van der Waals surface area contributed by atoms with Crippen LogP contribution in [-0.2, 0) is 19.1 Å². The first kappa shape index (κ1) is 16.3. The molecule has 1 aliphatic heterocycles. The molecule has 1 aromatic rings. The highest BCUT2D eigenvalue weighted by Gasteiger charge is 2.41. The third-order valence-electron chi connectivity index (χ3n) is 3.23. The zero-order chi connectivity index (χ0) is 16.3. The fourth-order valence-electron chi connectivity index (χ4n) is 1.93. The number of epoxide rings is 1. The van der Waals surface area contributed by atoms with Crippen LogP contribution in [0.5, 0.6) is 11.5 Å². The van der Waals surface area contributed by atoms with Gasteiger partial charge in [-0.25, -0.2) is 0 Å². The van der Waals surface area contributed by atoms with Crippen LogP contribution in [-0.4, -0.2) is 31.8 Å². The largest absolute Gasteiger partial charge is 0.493 e. The van der Waals surface area contributed by atoms with E-state index >= 15 is 0 Å². The lowest BCUT2D eigenvalue weighted by Gasteiger charge is -2.11. The van der Waals surface area contributed by atoms with Crippen LogP contribution >= 0.6 is 0 Å². The Morgan fingerprint density at radius 3 is 2.59 bits per heavy atom. The van der Waals surface area contributed by atoms with Gasteiger partial charge in [0.2, 0.25) is 0 Å². The Labute approximate surface area is 129 Å². The molecule has 1 aromatic carbocycles. The normalized spacial score (nSPS) is 19.7. The molecule has 2 atom stereocenters. The number of hydrogen-bond acceptors (Lipinski definition) is 6. The molecule has 1 fully saturated rings. The molecular weight excluding hydrogens is 288 g/mol. The van der Waals surface area contributed by atoms with E-state index in [0.29, 0.717) is 11.5 Å². The van der Waals surface area contributed by atoms with Crippen LogP contribution in [0.15, 0.2) is 18.2 Å². The first-order valence-electron chi connectivity index (χ1n) is 7.10. The Kier molecular flexibility index (Phi) is 5.03. The van der Waals surface area contributed by atoms with Crippen molar-refractivity contribution in [3.8, 4) is 11.5 Å². The molecular formula is C16H20O6. The molecule has 0 spiro atoms. The van der Waals surface area contributed by atoms with Gasteiger partial charge in [-0.1, -0.05) is 19.9 Å². The van der Waals surface area contributed by atoms with Gasteiger partial charge in [-0.05, 0) is 17.7 Å². The maximum absolute atomic E-state index is 11.7. The molecule has 22 heavy (non-hydrogen) atoms. The second kappa shape index (κ2) is 6.79. The van der Waals surface area contributed by atoms with Gasteiger partial charge in [-0.2, -0.15) is 0 Å². The van der Waals surface area contributed by atoms with Crippen molar-refractivity contribution in [3.63, 3.8) is 0 Å². The first-order valence-corrected chi connectivity index (χ1v) is 7.10. The number of esters is 2. The summed E-state index contributed by atoms with van der Waals surface area (Å²) in [5, 5.41) is 0. The minimum atomic E-state index is -0.331. The Balaban J connectivity index is 2.04. The summed E-state index contributed by atoms with van der Waals surface area (Å²) >= 11 is 0. The van der Waals surface area contributed by atoms with Gasteiger partial charge in [-0.15, -0.1) is 0 Å². The number of ether oxygens (including phenoxy) is 4. The second-order valence-corrected chi connectivity index (χ2v) is 5.38. The van der Waals surface area contributed by atoms with Gasteiger partial charge < -0.3 is 18.9 Å². The molecule has 0 amide bonds. The van der Waals surface area contributed by atoms with E-state index in [2.05, 4.69) is 0 Å². The van der Waals surface area contributed by atoms with Crippen LogP contribution in [0, 0.1) is 5.92 Å². The molecule has 0 N–H and O–H groups in total. The number of carbonyl (C=O) groups excluding carboxylic acids is 2.